The fourth-order valence-corrected chi connectivity index (χ4v) is 1.42. The highest BCUT2D eigenvalue weighted by molar-refractivity contribution is 5.67. The van der Waals surface area contributed by atoms with Gasteiger partial charge in [-0.2, -0.15) is 0 Å². The third-order valence-electron chi connectivity index (χ3n) is 2.30. The second-order valence-electron chi connectivity index (χ2n) is 5.40. The van der Waals surface area contributed by atoms with Gasteiger partial charge >= 0.3 is 6.09 Å². The number of nitrogens with zero attached hydrogens (tertiary/aromatic N) is 1. The Balaban J connectivity index is 2.53. The van der Waals surface area contributed by atoms with Crippen LogP contribution in [0.3, 0.4) is 0 Å². The smallest absolute Gasteiger partial charge is 0.407 e. The maximum atomic E-state index is 13.4. The van der Waals surface area contributed by atoms with E-state index in [1.165, 1.54) is 0 Å². The normalized spacial score (nSPS) is 10.4. The van der Waals surface area contributed by atoms with Gasteiger partial charge in [0.1, 0.15) is 11.4 Å². The lowest BCUT2D eigenvalue weighted by Crippen LogP contribution is -2.32. The monoisotopic (exact) mass is 308 g/mol. The molecule has 1 N–H and O–H groups in total. The molecule has 0 saturated heterocycles. The summed E-state index contributed by atoms with van der Waals surface area (Å²) in [5.74, 6) is 4.53. The van der Waals surface area contributed by atoms with Crippen LogP contribution >= 0.6 is 0 Å². The Bertz CT molecular complexity index is 627. The maximum Gasteiger partial charge on any atom is 0.407 e. The molecule has 7 heteroatoms. The minimum absolute atomic E-state index is 0.0496. The number of non-ortho nitro benzene ring substituents is 1. The minimum Gasteiger partial charge on any atom is -0.444 e. The highest BCUT2D eigenvalue weighted by Gasteiger charge is 2.15. The van der Waals surface area contributed by atoms with Crippen molar-refractivity contribution in [3.63, 3.8) is 0 Å². The van der Waals surface area contributed by atoms with Gasteiger partial charge in [-0.05, 0) is 26.8 Å². The van der Waals surface area contributed by atoms with E-state index in [0.29, 0.717) is 0 Å². The Morgan fingerprint density at radius 3 is 2.73 bits per heavy atom. The SMILES string of the molecule is CC(C)(C)OC(=O)NCCC#Cc1cc([N+](=O)[O-])ccc1F. The summed E-state index contributed by atoms with van der Waals surface area (Å²) in [6.07, 6.45) is -0.294. The lowest BCUT2D eigenvalue weighted by molar-refractivity contribution is -0.384. The Morgan fingerprint density at radius 2 is 2.14 bits per heavy atom. The predicted octanol–water partition coefficient (Wildman–Crippen LogP) is 3.00. The highest BCUT2D eigenvalue weighted by Crippen LogP contribution is 2.15. The van der Waals surface area contributed by atoms with Gasteiger partial charge in [0, 0.05) is 25.1 Å². The molecule has 0 unspecified atom stereocenters. The van der Waals surface area contributed by atoms with Crippen molar-refractivity contribution in [1.82, 2.24) is 5.32 Å². The molecule has 0 bridgehead atoms. The molecule has 0 heterocycles. The van der Waals surface area contributed by atoms with E-state index in [-0.39, 0.29) is 24.2 Å². The van der Waals surface area contributed by atoms with Crippen LogP contribution in [0.4, 0.5) is 14.9 Å². The van der Waals surface area contributed by atoms with Gasteiger partial charge in [0.15, 0.2) is 0 Å². The molecule has 1 aromatic carbocycles. The lowest BCUT2D eigenvalue weighted by Gasteiger charge is -2.19. The van der Waals surface area contributed by atoms with Gasteiger partial charge in [-0.3, -0.25) is 10.1 Å². The van der Waals surface area contributed by atoms with Gasteiger partial charge in [0.2, 0.25) is 0 Å². The number of amides is 1. The van der Waals surface area contributed by atoms with E-state index in [0.717, 1.165) is 18.2 Å². The minimum atomic E-state index is -0.627. The Kier molecular flexibility index (Phi) is 5.87. The number of rotatable bonds is 3. The second kappa shape index (κ2) is 7.41. The van der Waals surface area contributed by atoms with Crippen molar-refractivity contribution >= 4 is 11.8 Å². The first-order chi connectivity index (χ1) is 10.2. The largest absolute Gasteiger partial charge is 0.444 e. The number of halogens is 1. The molecule has 0 radical (unpaired) electrons. The molecular formula is C15H17FN2O4. The molecule has 22 heavy (non-hydrogen) atoms. The molecule has 1 amide bonds. The zero-order valence-corrected chi connectivity index (χ0v) is 12.6. The molecule has 0 atom stereocenters. The van der Waals surface area contributed by atoms with Crippen molar-refractivity contribution in [3.8, 4) is 11.8 Å². The van der Waals surface area contributed by atoms with Crippen molar-refractivity contribution in [2.45, 2.75) is 32.8 Å². The number of benzene rings is 1. The number of nitrogens with one attached hydrogen (secondary N) is 1. The summed E-state index contributed by atoms with van der Waals surface area (Å²) >= 11 is 0. The quantitative estimate of drug-likeness (QED) is 0.403. The van der Waals surface area contributed by atoms with Gasteiger partial charge < -0.3 is 10.1 Å². The summed E-state index contributed by atoms with van der Waals surface area (Å²) in [4.78, 5) is 21.3. The van der Waals surface area contributed by atoms with Crippen LogP contribution in [-0.4, -0.2) is 23.2 Å². The van der Waals surface area contributed by atoms with Gasteiger partial charge in [-0.1, -0.05) is 11.8 Å². The van der Waals surface area contributed by atoms with Crippen molar-refractivity contribution < 1.29 is 18.8 Å². The Hall–Kier alpha value is -2.62. The third kappa shape index (κ3) is 6.22. The molecule has 0 aliphatic carbocycles. The number of nitro benzene ring substituents is 1. The summed E-state index contributed by atoms with van der Waals surface area (Å²) in [6.45, 7) is 5.48. The first-order valence-corrected chi connectivity index (χ1v) is 6.59. The first kappa shape index (κ1) is 17.4. The van der Waals surface area contributed by atoms with Crippen LogP contribution in [0.5, 0.6) is 0 Å². The van der Waals surface area contributed by atoms with E-state index >= 15 is 0 Å². The average Bonchev–Trinajstić information content (AvgIpc) is 2.37. The molecule has 1 aromatic rings. The summed E-state index contributed by atoms with van der Waals surface area (Å²) in [6, 6.07) is 3.15. The van der Waals surface area contributed by atoms with Crippen LogP contribution in [-0.2, 0) is 4.74 Å². The van der Waals surface area contributed by atoms with Crippen LogP contribution in [0.2, 0.25) is 0 Å². The fraction of sp³-hybridized carbons (Fsp3) is 0.400. The summed E-state index contributed by atoms with van der Waals surface area (Å²) in [5.41, 5.74) is -0.856. The van der Waals surface area contributed by atoms with E-state index in [9.17, 15) is 19.3 Å². The van der Waals surface area contributed by atoms with Gasteiger partial charge in [0.05, 0.1) is 10.5 Å². The van der Waals surface area contributed by atoms with Crippen molar-refractivity contribution in [2.24, 2.45) is 0 Å². The third-order valence-corrected chi connectivity index (χ3v) is 2.30. The number of alkyl carbamates (subject to hydrolysis) is 1. The fourth-order valence-electron chi connectivity index (χ4n) is 1.42. The molecule has 0 saturated carbocycles. The number of nitro groups is 1. The molecular weight excluding hydrogens is 291 g/mol. The summed E-state index contributed by atoms with van der Waals surface area (Å²) < 4.78 is 18.5. The average molecular weight is 308 g/mol. The van der Waals surface area contributed by atoms with Crippen LogP contribution in [0.25, 0.3) is 0 Å². The number of hydrogen-bond acceptors (Lipinski definition) is 4. The number of carbonyl (C=O) groups excluding carboxylic acids is 1. The topological polar surface area (TPSA) is 81.5 Å². The van der Waals surface area contributed by atoms with Gasteiger partial charge in [-0.15, -0.1) is 0 Å². The standard InChI is InChI=1S/C15H17FN2O4/c1-15(2,3)22-14(19)17-9-5-4-6-11-10-12(18(20)21)7-8-13(11)16/h7-8,10H,5,9H2,1-3H3,(H,17,19). The van der Waals surface area contributed by atoms with Gasteiger partial charge in [-0.25, -0.2) is 9.18 Å². The first-order valence-electron chi connectivity index (χ1n) is 6.59. The Labute approximate surface area is 127 Å². The maximum absolute atomic E-state index is 13.4. The zero-order chi connectivity index (χ0) is 16.8. The number of carbonyl (C=O) groups is 1. The molecule has 0 aliphatic rings. The van der Waals surface area contributed by atoms with Crippen LogP contribution in [0, 0.1) is 27.8 Å². The van der Waals surface area contributed by atoms with E-state index in [1.807, 2.05) is 0 Å². The highest BCUT2D eigenvalue weighted by atomic mass is 19.1. The van der Waals surface area contributed by atoms with Crippen LogP contribution in [0.15, 0.2) is 18.2 Å². The zero-order valence-electron chi connectivity index (χ0n) is 12.6. The molecule has 118 valence electrons. The second-order valence-corrected chi connectivity index (χ2v) is 5.40. The number of ether oxygens (including phenoxy) is 1. The van der Waals surface area contributed by atoms with Crippen molar-refractivity contribution in [2.75, 3.05) is 6.54 Å². The molecule has 0 fully saturated rings. The summed E-state index contributed by atoms with van der Waals surface area (Å²) in [7, 11) is 0. The van der Waals surface area contributed by atoms with Crippen molar-refractivity contribution in [3.05, 3.63) is 39.7 Å². The molecule has 0 spiro atoms. The van der Waals surface area contributed by atoms with Crippen molar-refractivity contribution in [1.29, 1.82) is 0 Å². The van der Waals surface area contributed by atoms with Gasteiger partial charge in [0.25, 0.3) is 5.69 Å². The van der Waals surface area contributed by atoms with Crippen LogP contribution in [0.1, 0.15) is 32.8 Å². The van der Waals surface area contributed by atoms with E-state index in [1.54, 1.807) is 20.8 Å². The van der Waals surface area contributed by atoms with Crippen LogP contribution < -0.4 is 5.32 Å². The molecule has 1 rings (SSSR count). The Morgan fingerprint density at radius 1 is 1.45 bits per heavy atom. The molecule has 0 aliphatic heterocycles. The molecule has 0 aromatic heterocycles. The lowest BCUT2D eigenvalue weighted by atomic mass is 10.2. The van der Waals surface area contributed by atoms with E-state index < -0.39 is 22.4 Å². The summed E-state index contributed by atoms with van der Waals surface area (Å²) in [5, 5.41) is 13.1. The predicted molar refractivity (Wildman–Crippen MR) is 78.8 cm³/mol. The van der Waals surface area contributed by atoms with E-state index in [4.69, 9.17) is 4.74 Å². The molecule has 6 nitrogen and oxygen atoms in total. The number of hydrogen-bond donors (Lipinski definition) is 1. The van der Waals surface area contributed by atoms with E-state index in [2.05, 4.69) is 17.2 Å².